The standard InChI is InChI=1S/C16H8F2N2S/c17-13-6-5-11(7-14(13)18)21-16-10(8-19)9-20-15-4-2-1-3-12(15)16/h1-7,9H. The van der Waals surface area contributed by atoms with E-state index in [0.717, 1.165) is 23.0 Å². The lowest BCUT2D eigenvalue weighted by Crippen LogP contribution is -1.89. The van der Waals surface area contributed by atoms with Crippen LogP contribution < -0.4 is 0 Å². The number of hydrogen-bond acceptors (Lipinski definition) is 3. The minimum Gasteiger partial charge on any atom is -0.255 e. The summed E-state index contributed by atoms with van der Waals surface area (Å²) < 4.78 is 26.3. The third-order valence-electron chi connectivity index (χ3n) is 2.96. The highest BCUT2D eigenvalue weighted by Gasteiger charge is 2.11. The van der Waals surface area contributed by atoms with Crippen molar-refractivity contribution in [3.8, 4) is 6.07 Å². The lowest BCUT2D eigenvalue weighted by atomic mass is 10.2. The van der Waals surface area contributed by atoms with Gasteiger partial charge in [0.05, 0.1) is 11.1 Å². The molecule has 0 spiro atoms. The van der Waals surface area contributed by atoms with Gasteiger partial charge in [0.2, 0.25) is 0 Å². The molecule has 0 amide bonds. The van der Waals surface area contributed by atoms with E-state index in [0.29, 0.717) is 15.4 Å². The molecule has 2 nitrogen and oxygen atoms in total. The zero-order valence-corrected chi connectivity index (χ0v) is 11.5. The van der Waals surface area contributed by atoms with Crippen LogP contribution in [0, 0.1) is 23.0 Å². The zero-order valence-electron chi connectivity index (χ0n) is 10.7. The van der Waals surface area contributed by atoms with Gasteiger partial charge in [-0.3, -0.25) is 4.98 Å². The first-order valence-electron chi connectivity index (χ1n) is 6.10. The Hall–Kier alpha value is -2.45. The third-order valence-corrected chi connectivity index (χ3v) is 4.09. The molecule has 1 aromatic heterocycles. The lowest BCUT2D eigenvalue weighted by molar-refractivity contribution is 0.506. The molecule has 5 heteroatoms. The molecule has 0 N–H and O–H groups in total. The predicted octanol–water partition coefficient (Wildman–Crippen LogP) is 4.54. The molecule has 0 radical (unpaired) electrons. The maximum Gasteiger partial charge on any atom is 0.159 e. The van der Waals surface area contributed by atoms with Crippen LogP contribution in [0.1, 0.15) is 5.56 Å². The predicted molar refractivity (Wildman–Crippen MR) is 76.9 cm³/mol. The minimum atomic E-state index is -0.906. The molecule has 0 bridgehead atoms. The zero-order chi connectivity index (χ0) is 14.8. The Morgan fingerprint density at radius 3 is 2.62 bits per heavy atom. The van der Waals surface area contributed by atoms with Crippen molar-refractivity contribution in [1.82, 2.24) is 4.98 Å². The molecular weight excluding hydrogens is 290 g/mol. The van der Waals surface area contributed by atoms with Crippen molar-refractivity contribution in [2.24, 2.45) is 0 Å². The van der Waals surface area contributed by atoms with E-state index in [9.17, 15) is 14.0 Å². The molecule has 3 rings (SSSR count). The van der Waals surface area contributed by atoms with E-state index in [1.165, 1.54) is 24.0 Å². The summed E-state index contributed by atoms with van der Waals surface area (Å²) in [5.41, 5.74) is 1.16. The van der Waals surface area contributed by atoms with Crippen molar-refractivity contribution in [2.45, 2.75) is 9.79 Å². The first-order valence-corrected chi connectivity index (χ1v) is 6.91. The Balaban J connectivity index is 2.14. The van der Waals surface area contributed by atoms with E-state index in [2.05, 4.69) is 11.1 Å². The average molecular weight is 298 g/mol. The van der Waals surface area contributed by atoms with Gasteiger partial charge in [-0.1, -0.05) is 30.0 Å². The van der Waals surface area contributed by atoms with Crippen LogP contribution >= 0.6 is 11.8 Å². The maximum absolute atomic E-state index is 13.3. The van der Waals surface area contributed by atoms with Crippen LogP contribution in [0.25, 0.3) is 10.9 Å². The van der Waals surface area contributed by atoms with E-state index in [-0.39, 0.29) is 0 Å². The number of rotatable bonds is 2. The Morgan fingerprint density at radius 1 is 1.05 bits per heavy atom. The fraction of sp³-hybridized carbons (Fsp3) is 0. The molecule has 102 valence electrons. The molecule has 0 aliphatic heterocycles. The number of aromatic nitrogens is 1. The molecule has 1 heterocycles. The highest BCUT2D eigenvalue weighted by molar-refractivity contribution is 7.99. The number of halogens is 2. The monoisotopic (exact) mass is 298 g/mol. The highest BCUT2D eigenvalue weighted by Crippen LogP contribution is 2.35. The second-order valence-electron chi connectivity index (χ2n) is 4.31. The second kappa shape index (κ2) is 5.51. The molecule has 21 heavy (non-hydrogen) atoms. The van der Waals surface area contributed by atoms with Crippen molar-refractivity contribution in [3.05, 3.63) is 65.9 Å². The number of para-hydroxylation sites is 1. The third kappa shape index (κ3) is 2.58. The maximum atomic E-state index is 13.3. The van der Waals surface area contributed by atoms with Gasteiger partial charge >= 0.3 is 0 Å². The van der Waals surface area contributed by atoms with Crippen LogP contribution in [0.4, 0.5) is 8.78 Å². The fourth-order valence-electron chi connectivity index (χ4n) is 1.96. The molecule has 0 saturated carbocycles. The van der Waals surface area contributed by atoms with E-state index in [1.807, 2.05) is 24.3 Å². The summed E-state index contributed by atoms with van der Waals surface area (Å²) >= 11 is 1.22. The SMILES string of the molecule is N#Cc1cnc2ccccc2c1Sc1ccc(F)c(F)c1. The Labute approximate surface area is 124 Å². The molecule has 0 atom stereocenters. The largest absolute Gasteiger partial charge is 0.255 e. The summed E-state index contributed by atoms with van der Waals surface area (Å²) in [5, 5.41) is 10.0. The van der Waals surface area contributed by atoms with Gasteiger partial charge < -0.3 is 0 Å². The van der Waals surface area contributed by atoms with E-state index < -0.39 is 11.6 Å². The van der Waals surface area contributed by atoms with Gasteiger partial charge in [-0.25, -0.2) is 8.78 Å². The van der Waals surface area contributed by atoms with Gasteiger partial charge in [0.1, 0.15) is 6.07 Å². The van der Waals surface area contributed by atoms with Gasteiger partial charge in [-0.05, 0) is 24.3 Å². The summed E-state index contributed by atoms with van der Waals surface area (Å²) in [5.74, 6) is -1.80. The molecule has 0 aliphatic rings. The number of fused-ring (bicyclic) bond motifs is 1. The minimum absolute atomic E-state index is 0.406. The molecule has 3 aromatic rings. The smallest absolute Gasteiger partial charge is 0.159 e. The lowest BCUT2D eigenvalue weighted by Gasteiger charge is -2.08. The Kier molecular flexibility index (Phi) is 3.55. The summed E-state index contributed by atoms with van der Waals surface area (Å²) in [6.07, 6.45) is 1.49. The van der Waals surface area contributed by atoms with Crippen molar-refractivity contribution in [1.29, 1.82) is 5.26 Å². The normalized spacial score (nSPS) is 10.5. The molecule has 0 saturated heterocycles. The Bertz CT molecular complexity index is 872. The average Bonchev–Trinajstić information content (AvgIpc) is 2.51. The summed E-state index contributed by atoms with van der Waals surface area (Å²) in [7, 11) is 0. The molecule has 0 aliphatic carbocycles. The van der Waals surface area contributed by atoms with Gasteiger partial charge in [0, 0.05) is 21.4 Å². The van der Waals surface area contributed by atoms with Crippen LogP contribution in [0.15, 0.2) is 58.5 Å². The van der Waals surface area contributed by atoms with Crippen LogP contribution in [0.5, 0.6) is 0 Å². The molecule has 0 unspecified atom stereocenters. The van der Waals surface area contributed by atoms with Gasteiger partial charge in [0.25, 0.3) is 0 Å². The first-order chi connectivity index (χ1) is 10.2. The van der Waals surface area contributed by atoms with Gasteiger partial charge in [0.15, 0.2) is 11.6 Å². The summed E-state index contributed by atoms with van der Waals surface area (Å²) in [6.45, 7) is 0. The van der Waals surface area contributed by atoms with E-state index >= 15 is 0 Å². The quantitative estimate of drug-likeness (QED) is 0.697. The number of pyridine rings is 1. The highest BCUT2D eigenvalue weighted by atomic mass is 32.2. The Morgan fingerprint density at radius 2 is 1.86 bits per heavy atom. The van der Waals surface area contributed by atoms with Gasteiger partial charge in [-0.15, -0.1) is 0 Å². The fourth-order valence-corrected chi connectivity index (χ4v) is 2.99. The summed E-state index contributed by atoms with van der Waals surface area (Å²) in [4.78, 5) is 5.43. The van der Waals surface area contributed by atoms with Crippen molar-refractivity contribution in [3.63, 3.8) is 0 Å². The number of hydrogen-bond donors (Lipinski definition) is 0. The van der Waals surface area contributed by atoms with E-state index in [1.54, 1.807) is 0 Å². The van der Waals surface area contributed by atoms with Crippen molar-refractivity contribution < 1.29 is 8.78 Å². The van der Waals surface area contributed by atoms with Crippen molar-refractivity contribution >= 4 is 22.7 Å². The molecular formula is C16H8F2N2S. The number of benzene rings is 2. The number of nitrogens with zero attached hydrogens (tertiary/aromatic N) is 2. The van der Waals surface area contributed by atoms with E-state index in [4.69, 9.17) is 0 Å². The van der Waals surface area contributed by atoms with Crippen LogP contribution in [-0.4, -0.2) is 4.98 Å². The van der Waals surface area contributed by atoms with Crippen LogP contribution in [0.3, 0.4) is 0 Å². The first kappa shape index (κ1) is 13.5. The molecule has 2 aromatic carbocycles. The topological polar surface area (TPSA) is 36.7 Å². The van der Waals surface area contributed by atoms with Crippen LogP contribution in [0.2, 0.25) is 0 Å². The molecule has 0 fully saturated rings. The second-order valence-corrected chi connectivity index (χ2v) is 5.39. The summed E-state index contributed by atoms with van der Waals surface area (Å²) in [6, 6.07) is 13.2. The van der Waals surface area contributed by atoms with Gasteiger partial charge in [-0.2, -0.15) is 5.26 Å². The van der Waals surface area contributed by atoms with Crippen LogP contribution in [-0.2, 0) is 0 Å². The van der Waals surface area contributed by atoms with Crippen molar-refractivity contribution in [2.75, 3.05) is 0 Å². The number of nitriles is 1.